The molecule has 2 aliphatic heterocycles. The van der Waals surface area contributed by atoms with Crippen LogP contribution in [0.25, 0.3) is 5.69 Å². The Bertz CT molecular complexity index is 1080. The number of hydrogen-bond donors (Lipinski definition) is 0. The molecule has 0 saturated carbocycles. The van der Waals surface area contributed by atoms with Crippen molar-refractivity contribution in [2.24, 2.45) is 0 Å². The minimum absolute atomic E-state index is 0.544. The van der Waals surface area contributed by atoms with E-state index in [0.717, 1.165) is 47.8 Å². The molecule has 0 bridgehead atoms. The summed E-state index contributed by atoms with van der Waals surface area (Å²) in [5.41, 5.74) is 7.38. The van der Waals surface area contributed by atoms with Gasteiger partial charge < -0.3 is 14.2 Å². The van der Waals surface area contributed by atoms with Gasteiger partial charge >= 0.3 is 0 Å². The van der Waals surface area contributed by atoms with Gasteiger partial charge in [0, 0.05) is 36.3 Å². The molecule has 3 aromatic rings. The van der Waals surface area contributed by atoms with E-state index in [-0.39, 0.29) is 0 Å². The van der Waals surface area contributed by atoms with Gasteiger partial charge in [0.2, 0.25) is 0 Å². The van der Waals surface area contributed by atoms with Gasteiger partial charge in [-0.05, 0) is 25.1 Å². The van der Waals surface area contributed by atoms with E-state index >= 15 is 0 Å². The van der Waals surface area contributed by atoms with E-state index < -0.39 is 0 Å². The lowest BCUT2D eigenvalue weighted by atomic mass is 10.1. The fraction of sp³-hybridized carbons (Fsp3) is 0.318. The number of nitriles is 1. The van der Waals surface area contributed by atoms with Crippen LogP contribution in [-0.2, 0) is 30.7 Å². The average Bonchev–Trinajstić information content (AvgIpc) is 3.16. The third kappa shape index (κ3) is 2.85. The third-order valence-electron chi connectivity index (χ3n) is 5.56. The quantitative estimate of drug-likeness (QED) is 0.693. The molecular weight excluding hydrogens is 350 g/mol. The lowest BCUT2D eigenvalue weighted by Crippen LogP contribution is -2.33. The topological polar surface area (TPSA) is 67.0 Å². The van der Waals surface area contributed by atoms with Crippen LogP contribution < -0.4 is 4.90 Å². The first kappa shape index (κ1) is 17.0. The van der Waals surface area contributed by atoms with Crippen LogP contribution in [0.3, 0.4) is 0 Å². The highest BCUT2D eigenvalue weighted by molar-refractivity contribution is 5.57. The minimum Gasteiger partial charge on any atom is -0.376 e. The van der Waals surface area contributed by atoms with Crippen LogP contribution in [0.2, 0.25) is 0 Å². The van der Waals surface area contributed by atoms with Crippen LogP contribution in [-0.4, -0.2) is 27.7 Å². The van der Waals surface area contributed by atoms with Crippen LogP contribution in [0, 0.1) is 18.3 Å². The van der Waals surface area contributed by atoms with Gasteiger partial charge in [-0.3, -0.25) is 0 Å². The first-order chi connectivity index (χ1) is 13.7. The second-order valence-corrected chi connectivity index (χ2v) is 7.39. The van der Waals surface area contributed by atoms with Gasteiger partial charge in [-0.1, -0.05) is 17.7 Å². The number of aryl methyl sites for hydroxylation is 1. The summed E-state index contributed by atoms with van der Waals surface area (Å²) in [5, 5.41) is 9.64. The first-order valence-electron chi connectivity index (χ1n) is 9.60. The van der Waals surface area contributed by atoms with Gasteiger partial charge in [0.25, 0.3) is 0 Å². The Morgan fingerprint density at radius 3 is 2.82 bits per heavy atom. The molecular formula is C22H21N5O. The van der Waals surface area contributed by atoms with E-state index in [0.29, 0.717) is 25.3 Å². The number of aromatic nitrogens is 3. The van der Waals surface area contributed by atoms with Gasteiger partial charge in [-0.25, -0.2) is 9.97 Å². The van der Waals surface area contributed by atoms with Crippen LogP contribution >= 0.6 is 0 Å². The van der Waals surface area contributed by atoms with E-state index in [1.165, 1.54) is 11.3 Å². The van der Waals surface area contributed by atoms with Crippen molar-refractivity contribution in [3.63, 3.8) is 0 Å². The predicted octanol–water partition coefficient (Wildman–Crippen LogP) is 3.08. The van der Waals surface area contributed by atoms with E-state index in [1.54, 1.807) is 0 Å². The number of ether oxygens (including phenoxy) is 1. The highest BCUT2D eigenvalue weighted by Gasteiger charge is 2.25. The highest BCUT2D eigenvalue weighted by Crippen LogP contribution is 2.29. The maximum atomic E-state index is 9.64. The highest BCUT2D eigenvalue weighted by atomic mass is 16.5. The SMILES string of the molecule is Cc1ccc(-n2cnc3c2CCN(c2nc4c(cc2C#N)COCC4)C3)cc1. The Hall–Kier alpha value is -3.17. The summed E-state index contributed by atoms with van der Waals surface area (Å²) in [6, 6.07) is 12.8. The molecule has 0 N–H and O–H groups in total. The Balaban J connectivity index is 1.47. The molecule has 2 aliphatic rings. The monoisotopic (exact) mass is 371 g/mol. The maximum absolute atomic E-state index is 9.64. The van der Waals surface area contributed by atoms with Crippen LogP contribution in [0.4, 0.5) is 5.82 Å². The fourth-order valence-corrected chi connectivity index (χ4v) is 4.01. The molecule has 1 aromatic carbocycles. The summed E-state index contributed by atoms with van der Waals surface area (Å²) in [6.07, 6.45) is 3.58. The van der Waals surface area contributed by atoms with Gasteiger partial charge in [0.15, 0.2) is 0 Å². The Morgan fingerprint density at radius 2 is 2.00 bits per heavy atom. The molecule has 0 atom stereocenters. The predicted molar refractivity (Wildman–Crippen MR) is 105 cm³/mol. The van der Waals surface area contributed by atoms with Crippen molar-refractivity contribution in [2.45, 2.75) is 32.9 Å². The number of fused-ring (bicyclic) bond motifs is 2. The molecule has 28 heavy (non-hydrogen) atoms. The van der Waals surface area contributed by atoms with Crippen molar-refractivity contribution in [1.29, 1.82) is 5.26 Å². The Morgan fingerprint density at radius 1 is 1.14 bits per heavy atom. The zero-order valence-electron chi connectivity index (χ0n) is 15.9. The van der Waals surface area contributed by atoms with Crippen molar-refractivity contribution in [2.75, 3.05) is 18.1 Å². The van der Waals surface area contributed by atoms with Crippen LogP contribution in [0.15, 0.2) is 36.7 Å². The molecule has 140 valence electrons. The molecule has 6 nitrogen and oxygen atoms in total. The Kier molecular flexibility index (Phi) is 4.10. The summed E-state index contributed by atoms with van der Waals surface area (Å²) in [6.45, 7) is 4.82. The Labute approximate surface area is 164 Å². The van der Waals surface area contributed by atoms with E-state index in [4.69, 9.17) is 9.72 Å². The van der Waals surface area contributed by atoms with Crippen molar-refractivity contribution in [3.8, 4) is 11.8 Å². The molecule has 0 fully saturated rings. The average molecular weight is 371 g/mol. The zero-order chi connectivity index (χ0) is 19.1. The van der Waals surface area contributed by atoms with Gasteiger partial charge in [0.05, 0.1) is 43.0 Å². The minimum atomic E-state index is 0.544. The van der Waals surface area contributed by atoms with Crippen LogP contribution in [0.5, 0.6) is 0 Å². The lowest BCUT2D eigenvalue weighted by Gasteiger charge is -2.30. The number of anilines is 1. The number of imidazole rings is 1. The molecule has 0 amide bonds. The largest absolute Gasteiger partial charge is 0.376 e. The van der Waals surface area contributed by atoms with E-state index in [1.807, 2.05) is 12.4 Å². The lowest BCUT2D eigenvalue weighted by molar-refractivity contribution is 0.109. The molecule has 0 unspecified atom stereocenters. The number of pyridine rings is 1. The second kappa shape index (κ2) is 6.77. The molecule has 2 aromatic heterocycles. The van der Waals surface area contributed by atoms with E-state index in [2.05, 4.69) is 51.7 Å². The number of nitrogens with zero attached hydrogens (tertiary/aromatic N) is 5. The molecule has 0 spiro atoms. The maximum Gasteiger partial charge on any atom is 0.147 e. The fourth-order valence-electron chi connectivity index (χ4n) is 4.01. The van der Waals surface area contributed by atoms with Gasteiger partial charge in [0.1, 0.15) is 11.9 Å². The third-order valence-corrected chi connectivity index (χ3v) is 5.56. The van der Waals surface area contributed by atoms with Crippen molar-refractivity contribution >= 4 is 5.82 Å². The van der Waals surface area contributed by atoms with Crippen molar-refractivity contribution in [3.05, 3.63) is 70.4 Å². The molecule has 0 aliphatic carbocycles. The first-order valence-corrected chi connectivity index (χ1v) is 9.60. The number of benzene rings is 1. The summed E-state index contributed by atoms with van der Waals surface area (Å²) < 4.78 is 7.68. The second-order valence-electron chi connectivity index (χ2n) is 7.39. The molecule has 6 heteroatoms. The summed E-state index contributed by atoms with van der Waals surface area (Å²) >= 11 is 0. The summed E-state index contributed by atoms with van der Waals surface area (Å²) in [4.78, 5) is 11.7. The zero-order valence-corrected chi connectivity index (χ0v) is 15.9. The number of rotatable bonds is 2. The summed E-state index contributed by atoms with van der Waals surface area (Å²) in [7, 11) is 0. The van der Waals surface area contributed by atoms with Gasteiger partial charge in [-0.2, -0.15) is 5.26 Å². The number of hydrogen-bond acceptors (Lipinski definition) is 5. The standard InChI is InChI=1S/C22H21N5O/c1-15-2-4-18(5-3-15)27-14-24-20-12-26(8-6-21(20)27)22-16(11-23)10-17-13-28-9-7-19(17)25-22/h2-5,10,14H,6-9,12-13H2,1H3. The van der Waals surface area contributed by atoms with E-state index in [9.17, 15) is 5.26 Å². The molecule has 5 rings (SSSR count). The van der Waals surface area contributed by atoms with Crippen molar-refractivity contribution in [1.82, 2.24) is 14.5 Å². The normalized spacial score (nSPS) is 15.6. The van der Waals surface area contributed by atoms with Crippen molar-refractivity contribution < 1.29 is 4.74 Å². The van der Waals surface area contributed by atoms with Gasteiger partial charge in [-0.15, -0.1) is 0 Å². The summed E-state index contributed by atoms with van der Waals surface area (Å²) in [5.74, 6) is 0.777. The molecule has 0 radical (unpaired) electrons. The molecule has 4 heterocycles. The van der Waals surface area contributed by atoms with Crippen LogP contribution in [0.1, 0.15) is 33.8 Å². The molecule has 0 saturated heterocycles. The smallest absolute Gasteiger partial charge is 0.147 e.